The lowest BCUT2D eigenvalue weighted by atomic mass is 10.1. The van der Waals surface area contributed by atoms with E-state index in [1.807, 2.05) is 0 Å². The zero-order chi connectivity index (χ0) is 13.8. The molecule has 0 aliphatic heterocycles. The van der Waals surface area contributed by atoms with Crippen molar-refractivity contribution in [3.05, 3.63) is 64.7 Å². The number of nitriles is 1. The van der Waals surface area contributed by atoms with Gasteiger partial charge >= 0.3 is 0 Å². The summed E-state index contributed by atoms with van der Waals surface area (Å²) in [7, 11) is 0. The molecular weight excluding hydrogens is 248 g/mol. The van der Waals surface area contributed by atoms with Crippen molar-refractivity contribution >= 4 is 0 Å². The first-order chi connectivity index (χ1) is 9.10. The Kier molecular flexibility index (Phi) is 3.76. The summed E-state index contributed by atoms with van der Waals surface area (Å²) in [5.74, 6) is -0.582. The van der Waals surface area contributed by atoms with Gasteiger partial charge in [-0.05, 0) is 42.3 Å². The smallest absolute Gasteiger partial charge is 0.144 e. The highest BCUT2D eigenvalue weighted by atomic mass is 19.1. The quantitative estimate of drug-likeness (QED) is 0.841. The van der Waals surface area contributed by atoms with E-state index in [2.05, 4.69) is 0 Å². The second-order valence-electron chi connectivity index (χ2n) is 4.11. The summed E-state index contributed by atoms with van der Waals surface area (Å²) in [5.41, 5.74) is 1.57. The SMILES string of the molecule is Cc1cc(F)ccc1COc1ccc(C#N)c(F)c1. The van der Waals surface area contributed by atoms with Crippen LogP contribution in [0.1, 0.15) is 16.7 Å². The molecule has 0 atom stereocenters. The van der Waals surface area contributed by atoms with Crippen LogP contribution in [0.5, 0.6) is 5.75 Å². The van der Waals surface area contributed by atoms with Crippen molar-refractivity contribution in [1.29, 1.82) is 5.26 Å². The van der Waals surface area contributed by atoms with E-state index in [4.69, 9.17) is 10.00 Å². The van der Waals surface area contributed by atoms with Crippen molar-refractivity contribution in [2.45, 2.75) is 13.5 Å². The van der Waals surface area contributed by atoms with Gasteiger partial charge in [0.2, 0.25) is 0 Å². The maximum atomic E-state index is 13.4. The Hall–Kier alpha value is -2.41. The van der Waals surface area contributed by atoms with E-state index in [1.54, 1.807) is 19.1 Å². The summed E-state index contributed by atoms with van der Waals surface area (Å²) in [5, 5.41) is 8.61. The van der Waals surface area contributed by atoms with Gasteiger partial charge in [0, 0.05) is 6.07 Å². The van der Waals surface area contributed by atoms with E-state index in [9.17, 15) is 8.78 Å². The van der Waals surface area contributed by atoms with Crippen LogP contribution in [0.2, 0.25) is 0 Å². The number of halogens is 2. The van der Waals surface area contributed by atoms with Crippen LogP contribution in [0.25, 0.3) is 0 Å². The Labute approximate surface area is 109 Å². The fourth-order valence-electron chi connectivity index (χ4n) is 1.66. The van der Waals surface area contributed by atoms with Crippen molar-refractivity contribution in [2.75, 3.05) is 0 Å². The highest BCUT2D eigenvalue weighted by molar-refractivity contribution is 5.36. The van der Waals surface area contributed by atoms with E-state index in [0.717, 1.165) is 17.2 Å². The summed E-state index contributed by atoms with van der Waals surface area (Å²) in [6.45, 7) is 2.00. The van der Waals surface area contributed by atoms with Gasteiger partial charge in [-0.1, -0.05) is 6.07 Å². The van der Waals surface area contributed by atoms with Gasteiger partial charge in [-0.3, -0.25) is 0 Å². The number of benzene rings is 2. The molecular formula is C15H11F2NO. The van der Waals surface area contributed by atoms with E-state index in [0.29, 0.717) is 5.75 Å². The van der Waals surface area contributed by atoms with E-state index in [1.165, 1.54) is 24.3 Å². The molecule has 0 radical (unpaired) electrons. The molecule has 0 heterocycles. The highest BCUT2D eigenvalue weighted by Gasteiger charge is 2.05. The molecule has 19 heavy (non-hydrogen) atoms. The molecule has 2 nitrogen and oxygen atoms in total. The molecule has 0 N–H and O–H groups in total. The number of ether oxygens (including phenoxy) is 1. The topological polar surface area (TPSA) is 33.0 Å². The van der Waals surface area contributed by atoms with Crippen LogP contribution in [0.3, 0.4) is 0 Å². The second-order valence-corrected chi connectivity index (χ2v) is 4.11. The summed E-state index contributed by atoms with van der Waals surface area (Å²) in [6, 6.07) is 10.2. The van der Waals surface area contributed by atoms with Crippen LogP contribution in [0.4, 0.5) is 8.78 Å². The summed E-state index contributed by atoms with van der Waals surface area (Å²) in [4.78, 5) is 0. The van der Waals surface area contributed by atoms with Crippen molar-refractivity contribution in [3.8, 4) is 11.8 Å². The van der Waals surface area contributed by atoms with Gasteiger partial charge in [0.1, 0.15) is 30.1 Å². The number of hydrogen-bond donors (Lipinski definition) is 0. The average Bonchev–Trinajstić information content (AvgIpc) is 2.38. The number of hydrogen-bond acceptors (Lipinski definition) is 2. The standard InChI is InChI=1S/C15H11F2NO/c1-10-6-13(16)4-2-12(10)9-19-14-5-3-11(8-18)15(17)7-14/h2-7H,9H2,1H3. The van der Waals surface area contributed by atoms with Crippen molar-refractivity contribution in [3.63, 3.8) is 0 Å². The van der Waals surface area contributed by atoms with Crippen LogP contribution in [-0.2, 0) is 6.61 Å². The molecule has 0 aliphatic carbocycles. The molecule has 96 valence electrons. The third kappa shape index (κ3) is 3.08. The molecule has 2 rings (SSSR count). The Morgan fingerprint density at radius 2 is 1.95 bits per heavy atom. The van der Waals surface area contributed by atoms with E-state index < -0.39 is 5.82 Å². The van der Waals surface area contributed by atoms with Crippen molar-refractivity contribution < 1.29 is 13.5 Å². The average molecular weight is 259 g/mol. The first kappa shape index (κ1) is 13.0. The van der Waals surface area contributed by atoms with Gasteiger partial charge in [0.15, 0.2) is 0 Å². The first-order valence-electron chi connectivity index (χ1n) is 5.67. The predicted molar refractivity (Wildman–Crippen MR) is 66.6 cm³/mol. The lowest BCUT2D eigenvalue weighted by Gasteiger charge is -2.09. The Bertz CT molecular complexity index is 647. The van der Waals surface area contributed by atoms with E-state index in [-0.39, 0.29) is 18.0 Å². The van der Waals surface area contributed by atoms with Crippen molar-refractivity contribution in [1.82, 2.24) is 0 Å². The molecule has 4 heteroatoms. The fraction of sp³-hybridized carbons (Fsp3) is 0.133. The van der Waals surface area contributed by atoms with Crippen LogP contribution in [0, 0.1) is 29.9 Å². The number of aryl methyl sites for hydroxylation is 1. The number of nitrogens with zero attached hydrogens (tertiary/aromatic N) is 1. The summed E-state index contributed by atoms with van der Waals surface area (Å²) in [6.07, 6.45) is 0. The minimum absolute atomic E-state index is 0.0229. The van der Waals surface area contributed by atoms with Gasteiger partial charge < -0.3 is 4.74 Å². The predicted octanol–water partition coefficient (Wildman–Crippen LogP) is 3.72. The molecule has 0 bridgehead atoms. The van der Waals surface area contributed by atoms with E-state index >= 15 is 0 Å². The molecule has 0 aliphatic rings. The third-order valence-corrected chi connectivity index (χ3v) is 2.76. The van der Waals surface area contributed by atoms with Gasteiger partial charge in [-0.25, -0.2) is 8.78 Å². The molecule has 0 amide bonds. The van der Waals surface area contributed by atoms with Gasteiger partial charge in [-0.2, -0.15) is 5.26 Å². The second kappa shape index (κ2) is 5.49. The molecule has 0 spiro atoms. The normalized spacial score (nSPS) is 10.0. The monoisotopic (exact) mass is 259 g/mol. The fourth-order valence-corrected chi connectivity index (χ4v) is 1.66. The minimum atomic E-state index is -0.615. The third-order valence-electron chi connectivity index (χ3n) is 2.76. The summed E-state index contributed by atoms with van der Waals surface area (Å²) < 4.78 is 31.7. The first-order valence-corrected chi connectivity index (χ1v) is 5.67. The Morgan fingerprint density at radius 1 is 1.16 bits per heavy atom. The van der Waals surface area contributed by atoms with Gasteiger partial charge in [0.05, 0.1) is 5.56 Å². The lowest BCUT2D eigenvalue weighted by Crippen LogP contribution is -1.99. The van der Waals surface area contributed by atoms with Crippen LogP contribution in [0.15, 0.2) is 36.4 Å². The van der Waals surface area contributed by atoms with Crippen LogP contribution >= 0.6 is 0 Å². The largest absolute Gasteiger partial charge is 0.489 e. The summed E-state index contributed by atoms with van der Waals surface area (Å²) >= 11 is 0. The van der Waals surface area contributed by atoms with Gasteiger partial charge in [0.25, 0.3) is 0 Å². The Balaban J connectivity index is 2.10. The molecule has 0 unspecified atom stereocenters. The zero-order valence-electron chi connectivity index (χ0n) is 10.3. The molecule has 0 saturated heterocycles. The van der Waals surface area contributed by atoms with Crippen LogP contribution in [-0.4, -0.2) is 0 Å². The molecule has 0 fully saturated rings. The van der Waals surface area contributed by atoms with Gasteiger partial charge in [-0.15, -0.1) is 0 Å². The number of rotatable bonds is 3. The van der Waals surface area contributed by atoms with Crippen molar-refractivity contribution in [2.24, 2.45) is 0 Å². The maximum absolute atomic E-state index is 13.4. The lowest BCUT2D eigenvalue weighted by molar-refractivity contribution is 0.303. The molecule has 0 aromatic heterocycles. The zero-order valence-corrected chi connectivity index (χ0v) is 10.3. The molecule has 2 aromatic carbocycles. The van der Waals surface area contributed by atoms with Crippen LogP contribution < -0.4 is 4.74 Å². The molecule has 2 aromatic rings. The molecule has 0 saturated carbocycles. The minimum Gasteiger partial charge on any atom is -0.489 e. The highest BCUT2D eigenvalue weighted by Crippen LogP contribution is 2.18. The maximum Gasteiger partial charge on any atom is 0.144 e. The Morgan fingerprint density at radius 3 is 2.58 bits per heavy atom.